The topological polar surface area (TPSA) is 72.6 Å². The van der Waals surface area contributed by atoms with Crippen molar-refractivity contribution in [1.29, 1.82) is 0 Å². The first-order chi connectivity index (χ1) is 10.1. The van der Waals surface area contributed by atoms with Gasteiger partial charge in [-0.3, -0.25) is 9.59 Å². The monoisotopic (exact) mass is 290 g/mol. The van der Waals surface area contributed by atoms with E-state index in [4.69, 9.17) is 10.5 Å². The zero-order valence-corrected chi connectivity index (χ0v) is 12.4. The molecule has 0 unspecified atom stereocenters. The van der Waals surface area contributed by atoms with Crippen molar-refractivity contribution in [3.05, 3.63) is 29.8 Å². The summed E-state index contributed by atoms with van der Waals surface area (Å²) in [6.07, 6.45) is 2.20. The molecule has 1 aromatic carbocycles. The van der Waals surface area contributed by atoms with Crippen LogP contribution in [0.4, 0.5) is 0 Å². The molecule has 0 bridgehead atoms. The SMILES string of the molecule is COc1ccc(C(=O)CCC(=O)N2CCC(N)CC2)cc1. The predicted octanol–water partition coefficient (Wildman–Crippen LogP) is 1.61. The number of hydrogen-bond acceptors (Lipinski definition) is 4. The van der Waals surface area contributed by atoms with Crippen LogP contribution in [0.1, 0.15) is 36.0 Å². The van der Waals surface area contributed by atoms with Crippen molar-refractivity contribution in [1.82, 2.24) is 4.90 Å². The van der Waals surface area contributed by atoms with Crippen LogP contribution in [0.3, 0.4) is 0 Å². The molecule has 1 amide bonds. The number of nitrogens with two attached hydrogens (primary N) is 1. The maximum atomic E-state index is 12.1. The number of Topliss-reactive ketones (excluding diaryl/α,β-unsaturated/α-hetero) is 1. The van der Waals surface area contributed by atoms with Gasteiger partial charge in [-0.15, -0.1) is 0 Å². The Kier molecular flexibility index (Phi) is 5.33. The number of hydrogen-bond donors (Lipinski definition) is 1. The van der Waals surface area contributed by atoms with Crippen LogP contribution in [0.5, 0.6) is 5.75 Å². The molecule has 114 valence electrons. The Morgan fingerprint density at radius 1 is 1.19 bits per heavy atom. The van der Waals surface area contributed by atoms with E-state index >= 15 is 0 Å². The Morgan fingerprint density at radius 3 is 2.38 bits per heavy atom. The molecule has 1 heterocycles. The van der Waals surface area contributed by atoms with Gasteiger partial charge >= 0.3 is 0 Å². The van der Waals surface area contributed by atoms with Crippen LogP contribution < -0.4 is 10.5 Å². The summed E-state index contributed by atoms with van der Waals surface area (Å²) in [5, 5.41) is 0. The second-order valence-corrected chi connectivity index (χ2v) is 5.37. The van der Waals surface area contributed by atoms with Crippen molar-refractivity contribution in [2.24, 2.45) is 5.73 Å². The maximum absolute atomic E-state index is 12.1. The summed E-state index contributed by atoms with van der Waals surface area (Å²) in [5.41, 5.74) is 6.43. The number of ether oxygens (including phenoxy) is 1. The number of carbonyl (C=O) groups is 2. The molecule has 0 aliphatic carbocycles. The van der Waals surface area contributed by atoms with Gasteiger partial charge in [0, 0.05) is 37.5 Å². The number of rotatable bonds is 5. The van der Waals surface area contributed by atoms with Gasteiger partial charge < -0.3 is 15.4 Å². The fraction of sp³-hybridized carbons (Fsp3) is 0.500. The number of methoxy groups -OCH3 is 1. The molecule has 21 heavy (non-hydrogen) atoms. The normalized spacial score (nSPS) is 15.8. The van der Waals surface area contributed by atoms with Crippen molar-refractivity contribution in [3.63, 3.8) is 0 Å². The Morgan fingerprint density at radius 2 is 1.81 bits per heavy atom. The van der Waals surface area contributed by atoms with Crippen molar-refractivity contribution in [2.45, 2.75) is 31.7 Å². The van der Waals surface area contributed by atoms with Gasteiger partial charge in [0.25, 0.3) is 0 Å². The van der Waals surface area contributed by atoms with Gasteiger partial charge in [0.2, 0.25) is 5.91 Å². The average Bonchev–Trinajstić information content (AvgIpc) is 2.53. The smallest absolute Gasteiger partial charge is 0.223 e. The minimum absolute atomic E-state index is 0.0142. The molecule has 2 N–H and O–H groups in total. The summed E-state index contributed by atoms with van der Waals surface area (Å²) in [4.78, 5) is 25.9. The lowest BCUT2D eigenvalue weighted by Gasteiger charge is -2.30. The van der Waals surface area contributed by atoms with E-state index in [-0.39, 0.29) is 30.6 Å². The van der Waals surface area contributed by atoms with Crippen LogP contribution in [0.25, 0.3) is 0 Å². The Hall–Kier alpha value is -1.88. The highest BCUT2D eigenvalue weighted by Gasteiger charge is 2.21. The number of benzene rings is 1. The fourth-order valence-electron chi connectivity index (χ4n) is 2.45. The summed E-state index contributed by atoms with van der Waals surface area (Å²) >= 11 is 0. The van der Waals surface area contributed by atoms with Crippen molar-refractivity contribution in [2.75, 3.05) is 20.2 Å². The molecule has 5 nitrogen and oxygen atoms in total. The summed E-state index contributed by atoms with van der Waals surface area (Å²) in [6, 6.07) is 7.16. The first-order valence-electron chi connectivity index (χ1n) is 7.30. The highest BCUT2D eigenvalue weighted by atomic mass is 16.5. The Labute approximate surface area is 125 Å². The van der Waals surface area contributed by atoms with Gasteiger partial charge in [-0.25, -0.2) is 0 Å². The molecule has 5 heteroatoms. The van der Waals surface area contributed by atoms with Crippen molar-refractivity contribution in [3.8, 4) is 5.75 Å². The van der Waals surface area contributed by atoms with Gasteiger partial charge in [-0.2, -0.15) is 0 Å². The number of piperidine rings is 1. The van der Waals surface area contributed by atoms with Gasteiger partial charge in [0.1, 0.15) is 5.75 Å². The molecular weight excluding hydrogens is 268 g/mol. The van der Waals surface area contributed by atoms with E-state index in [1.54, 1.807) is 31.4 Å². The van der Waals surface area contributed by atoms with E-state index in [9.17, 15) is 9.59 Å². The minimum Gasteiger partial charge on any atom is -0.497 e. The molecule has 1 aromatic rings. The minimum atomic E-state index is -0.0142. The highest BCUT2D eigenvalue weighted by molar-refractivity contribution is 5.98. The van der Waals surface area contributed by atoms with Crippen LogP contribution in [0.15, 0.2) is 24.3 Å². The van der Waals surface area contributed by atoms with Crippen LogP contribution in [0, 0.1) is 0 Å². The van der Waals surface area contributed by atoms with E-state index in [1.165, 1.54) is 0 Å². The van der Waals surface area contributed by atoms with Crippen molar-refractivity contribution < 1.29 is 14.3 Å². The lowest BCUT2D eigenvalue weighted by Crippen LogP contribution is -2.42. The van der Waals surface area contributed by atoms with Gasteiger partial charge in [0.05, 0.1) is 7.11 Å². The van der Waals surface area contributed by atoms with E-state index in [1.807, 2.05) is 4.90 Å². The highest BCUT2D eigenvalue weighted by Crippen LogP contribution is 2.15. The quantitative estimate of drug-likeness (QED) is 0.836. The average molecular weight is 290 g/mol. The molecule has 1 fully saturated rings. The largest absolute Gasteiger partial charge is 0.497 e. The maximum Gasteiger partial charge on any atom is 0.223 e. The second kappa shape index (κ2) is 7.22. The van der Waals surface area contributed by atoms with Crippen LogP contribution >= 0.6 is 0 Å². The molecule has 0 saturated carbocycles. The first kappa shape index (κ1) is 15.5. The molecule has 0 spiro atoms. The Bertz CT molecular complexity index is 491. The van der Waals surface area contributed by atoms with Gasteiger partial charge in [-0.05, 0) is 37.1 Å². The number of likely N-dealkylation sites (tertiary alicyclic amines) is 1. The molecule has 1 aliphatic rings. The number of ketones is 1. The molecule has 0 atom stereocenters. The zero-order valence-electron chi connectivity index (χ0n) is 12.4. The summed E-state index contributed by atoms with van der Waals surface area (Å²) in [5.74, 6) is 0.746. The van der Waals surface area contributed by atoms with E-state index in [2.05, 4.69) is 0 Å². The lowest BCUT2D eigenvalue weighted by atomic mass is 10.0. The molecule has 1 aliphatic heterocycles. The third-order valence-electron chi connectivity index (χ3n) is 3.87. The third kappa shape index (κ3) is 4.29. The summed E-state index contributed by atoms with van der Waals surface area (Å²) in [7, 11) is 1.58. The van der Waals surface area contributed by atoms with E-state index in [0.717, 1.165) is 12.8 Å². The predicted molar refractivity (Wildman–Crippen MR) is 80.3 cm³/mol. The number of carbonyl (C=O) groups excluding carboxylic acids is 2. The molecule has 1 saturated heterocycles. The van der Waals surface area contributed by atoms with Gasteiger partial charge in [-0.1, -0.05) is 0 Å². The van der Waals surface area contributed by atoms with Crippen LogP contribution in [0.2, 0.25) is 0 Å². The standard InChI is InChI=1S/C16H22N2O3/c1-21-14-4-2-12(3-5-14)15(19)6-7-16(20)18-10-8-13(17)9-11-18/h2-5,13H,6-11,17H2,1H3. The second-order valence-electron chi connectivity index (χ2n) is 5.37. The van der Waals surface area contributed by atoms with Crippen molar-refractivity contribution >= 4 is 11.7 Å². The number of amides is 1. The molecule has 0 aromatic heterocycles. The van der Waals surface area contributed by atoms with Crippen LogP contribution in [-0.4, -0.2) is 42.8 Å². The third-order valence-corrected chi connectivity index (χ3v) is 3.87. The fourth-order valence-corrected chi connectivity index (χ4v) is 2.45. The van der Waals surface area contributed by atoms with E-state index in [0.29, 0.717) is 24.4 Å². The zero-order chi connectivity index (χ0) is 15.2. The summed E-state index contributed by atoms with van der Waals surface area (Å²) in [6.45, 7) is 1.41. The molecule has 0 radical (unpaired) electrons. The first-order valence-corrected chi connectivity index (χ1v) is 7.30. The Balaban J connectivity index is 1.81. The van der Waals surface area contributed by atoms with Crippen LogP contribution in [-0.2, 0) is 4.79 Å². The molecule has 2 rings (SSSR count). The summed E-state index contributed by atoms with van der Waals surface area (Å²) < 4.78 is 5.05. The molecular formula is C16H22N2O3. The van der Waals surface area contributed by atoms with E-state index < -0.39 is 0 Å². The number of nitrogens with zero attached hydrogens (tertiary/aromatic N) is 1. The van der Waals surface area contributed by atoms with Gasteiger partial charge in [0.15, 0.2) is 5.78 Å². The lowest BCUT2D eigenvalue weighted by molar-refractivity contribution is -0.132.